The Kier molecular flexibility index (Phi) is 12.6. The molecule has 85 heavy (non-hydrogen) atoms. The fourth-order valence-electron chi connectivity index (χ4n) is 11.6. The summed E-state index contributed by atoms with van der Waals surface area (Å²) < 4.78 is 66.2. The molecule has 11 rings (SSSR count). The van der Waals surface area contributed by atoms with Gasteiger partial charge in [0.15, 0.2) is 0 Å². The predicted octanol–water partition coefficient (Wildman–Crippen LogP) is 21.4. The van der Waals surface area contributed by atoms with Crippen LogP contribution >= 0.6 is 0 Å². The third-order valence-corrected chi connectivity index (χ3v) is 17.0. The van der Waals surface area contributed by atoms with Gasteiger partial charge in [-0.3, -0.25) is 13.7 Å². The molecule has 0 spiro atoms. The number of nitrogens with zero attached hydrogens (tertiary/aromatic N) is 4. The van der Waals surface area contributed by atoms with Crippen LogP contribution < -0.4 is 9.30 Å². The van der Waals surface area contributed by atoms with Crippen molar-refractivity contribution in [1.82, 2.24) is 14.1 Å². The lowest BCUT2D eigenvalue weighted by molar-refractivity contribution is -0.571. The SMILES string of the molecule is [2H]C([2H])([2H])c1cccc(C([2H])([2H])[2H])c1-c1ccc2c(c1)n(-c1cccc(Oc3ccc4c5ccccc5n(-c5cc(C(C)(C)C)ccn5)c4c3)c1)[c-][n+]2-c1c(-c2cc(C(C)(C)C)cc(C(C)(C)C)c2)cc(C(C)(C)C)cc1-c1cc(C(C)(C)C)cc(C(C)(C)C)c1. The molecule has 0 atom stereocenters. The highest BCUT2D eigenvalue weighted by Crippen LogP contribution is 2.45. The zero-order valence-electron chi connectivity index (χ0n) is 59.4. The van der Waals surface area contributed by atoms with Crippen LogP contribution in [0, 0.1) is 20.0 Å². The molecule has 0 saturated heterocycles. The molecule has 3 aromatic heterocycles. The summed E-state index contributed by atoms with van der Waals surface area (Å²) in [6.07, 6.45) is 5.85. The maximum Gasteiger partial charge on any atom is 0.269 e. The molecule has 0 saturated carbocycles. The molecular weight excluding hydrogens is 1030 g/mol. The monoisotopic (exact) mass is 1130 g/mol. The summed E-state index contributed by atoms with van der Waals surface area (Å²) in [7, 11) is 0. The maximum absolute atomic E-state index is 8.80. The van der Waals surface area contributed by atoms with Crippen molar-refractivity contribution < 1.29 is 17.5 Å². The number of rotatable bonds is 8. The summed E-state index contributed by atoms with van der Waals surface area (Å²) in [5, 5.41) is 2.18. The van der Waals surface area contributed by atoms with Crippen molar-refractivity contribution in [2.24, 2.45) is 0 Å². The molecule has 0 aliphatic heterocycles. The number of ether oxygens (including phenoxy) is 1. The van der Waals surface area contributed by atoms with E-state index in [1.54, 1.807) is 0 Å². The number of hydrogen-bond donors (Lipinski definition) is 0. The number of aromatic nitrogens is 4. The maximum atomic E-state index is 8.80. The van der Waals surface area contributed by atoms with Gasteiger partial charge in [-0.2, -0.15) is 0 Å². The lowest BCUT2D eigenvalue weighted by Gasteiger charge is -2.30. The fourth-order valence-corrected chi connectivity index (χ4v) is 11.6. The standard InChI is InChI=1S/C80H88N4O/c1-50-25-23-26-51(2)73(50)52-31-34-69-71(41-52)82(61-27-24-28-62(47-61)85-63-32-33-65-64-29-21-22-30-68(64)84(70(65)48-63)72-46-55(35-36-81-72)75(3,4)5)49-83(69)74-66(53-37-56(76(6,7)8)42-57(38-53)77(9,10)11)44-60(80(18,19)20)45-67(74)54-39-58(78(12,13)14)43-59(40-54)79(15,16)17/h21-48H,1-20H3/i1D3,2D3. The number of benzene rings is 8. The van der Waals surface area contributed by atoms with E-state index < -0.39 is 13.7 Å². The van der Waals surface area contributed by atoms with Crippen molar-refractivity contribution in [2.75, 3.05) is 0 Å². The second kappa shape index (κ2) is 20.9. The Bertz CT molecular complexity index is 4450. The average molecular weight is 1130 g/mol. The lowest BCUT2D eigenvalue weighted by atomic mass is 9.76. The summed E-state index contributed by atoms with van der Waals surface area (Å²) in [4.78, 5) is 4.93. The van der Waals surface area contributed by atoms with Gasteiger partial charge in [0.25, 0.3) is 6.33 Å². The first kappa shape index (κ1) is 51.4. The summed E-state index contributed by atoms with van der Waals surface area (Å²) >= 11 is 0. The van der Waals surface area contributed by atoms with Gasteiger partial charge in [-0.1, -0.05) is 228 Å². The molecule has 8 aromatic carbocycles. The van der Waals surface area contributed by atoms with Crippen LogP contribution in [0.4, 0.5) is 0 Å². The molecule has 5 nitrogen and oxygen atoms in total. The molecule has 0 fully saturated rings. The van der Waals surface area contributed by atoms with E-state index in [-0.39, 0.29) is 49.2 Å². The Balaban J connectivity index is 1.23. The predicted molar refractivity (Wildman–Crippen MR) is 360 cm³/mol. The first-order valence-electron chi connectivity index (χ1n) is 33.1. The van der Waals surface area contributed by atoms with Gasteiger partial charge in [0.1, 0.15) is 17.3 Å². The number of hydrogen-bond acceptors (Lipinski definition) is 2. The van der Waals surface area contributed by atoms with E-state index in [1.807, 2.05) is 59.3 Å². The number of para-hydroxylation sites is 1. The minimum atomic E-state index is -2.63. The average Bonchev–Trinajstić information content (AvgIpc) is 1.70. The number of pyridine rings is 1. The Morgan fingerprint density at radius 2 is 0.941 bits per heavy atom. The highest BCUT2D eigenvalue weighted by atomic mass is 16.5. The van der Waals surface area contributed by atoms with Gasteiger partial charge >= 0.3 is 0 Å². The number of imidazole rings is 1. The van der Waals surface area contributed by atoms with Crippen molar-refractivity contribution in [3.63, 3.8) is 0 Å². The molecule has 0 bridgehead atoms. The van der Waals surface area contributed by atoms with Crippen molar-refractivity contribution >= 4 is 32.8 Å². The van der Waals surface area contributed by atoms with E-state index in [0.717, 1.165) is 61.1 Å². The molecule has 3 heterocycles. The van der Waals surface area contributed by atoms with Gasteiger partial charge in [-0.25, -0.2) is 4.98 Å². The van der Waals surface area contributed by atoms with Crippen LogP contribution in [-0.4, -0.2) is 14.1 Å². The van der Waals surface area contributed by atoms with E-state index in [0.29, 0.717) is 28.3 Å². The highest BCUT2D eigenvalue weighted by Gasteiger charge is 2.30. The Hall–Kier alpha value is -8.02. The Morgan fingerprint density at radius 3 is 1.49 bits per heavy atom. The molecular formula is C80H88N4O. The molecule has 434 valence electrons. The van der Waals surface area contributed by atoms with Crippen LogP contribution in [0.3, 0.4) is 0 Å². The van der Waals surface area contributed by atoms with Gasteiger partial charge in [0.2, 0.25) is 0 Å². The largest absolute Gasteiger partial charge is 0.458 e. The van der Waals surface area contributed by atoms with E-state index in [9.17, 15) is 0 Å². The zero-order chi connectivity index (χ0) is 66.1. The first-order chi connectivity index (χ1) is 42.1. The van der Waals surface area contributed by atoms with Crippen molar-refractivity contribution in [2.45, 2.75) is 171 Å². The van der Waals surface area contributed by atoms with E-state index in [4.69, 9.17) is 17.9 Å². The summed E-state index contributed by atoms with van der Waals surface area (Å²) in [5.41, 5.74) is 15.8. The molecule has 0 amide bonds. The van der Waals surface area contributed by atoms with Gasteiger partial charge in [-0.15, -0.1) is 0 Å². The van der Waals surface area contributed by atoms with Gasteiger partial charge in [0.05, 0.1) is 33.4 Å². The van der Waals surface area contributed by atoms with Crippen molar-refractivity contribution in [3.8, 4) is 62.1 Å². The van der Waals surface area contributed by atoms with Crippen LogP contribution in [0.1, 0.15) is 177 Å². The van der Waals surface area contributed by atoms with E-state index in [1.165, 1.54) is 51.6 Å². The second-order valence-corrected chi connectivity index (χ2v) is 29.8. The topological polar surface area (TPSA) is 35.9 Å². The smallest absolute Gasteiger partial charge is 0.269 e. The normalized spacial score (nSPS) is 14.3. The minimum absolute atomic E-state index is 0.0383. The summed E-state index contributed by atoms with van der Waals surface area (Å²) in [6.45, 7) is 35.5. The number of fused-ring (bicyclic) bond motifs is 4. The fraction of sp³-hybridized carbons (Fsp3) is 0.325. The second-order valence-electron chi connectivity index (χ2n) is 29.8. The van der Waals surface area contributed by atoms with Gasteiger partial charge < -0.3 is 4.74 Å². The summed E-state index contributed by atoms with van der Waals surface area (Å²) in [5.74, 6) is 2.02. The van der Waals surface area contributed by atoms with Crippen LogP contribution in [0.15, 0.2) is 170 Å². The van der Waals surface area contributed by atoms with Crippen LogP contribution in [0.2, 0.25) is 0 Å². The van der Waals surface area contributed by atoms with Crippen LogP contribution in [0.5, 0.6) is 11.5 Å². The van der Waals surface area contributed by atoms with Gasteiger partial charge in [-0.05, 0) is 179 Å². The van der Waals surface area contributed by atoms with Gasteiger partial charge in [0, 0.05) is 31.3 Å². The summed E-state index contributed by atoms with van der Waals surface area (Å²) in [6, 6.07) is 56.2. The molecule has 11 aromatic rings. The highest BCUT2D eigenvalue weighted by molar-refractivity contribution is 6.09. The molecule has 0 unspecified atom stereocenters. The molecule has 5 heteroatoms. The van der Waals surface area contributed by atoms with E-state index >= 15 is 0 Å². The molecule has 0 aliphatic carbocycles. The van der Waals surface area contributed by atoms with Crippen molar-refractivity contribution in [1.29, 1.82) is 0 Å². The Morgan fingerprint density at radius 1 is 0.424 bits per heavy atom. The molecule has 0 aliphatic rings. The quantitative estimate of drug-likeness (QED) is 0.112. The zero-order valence-corrected chi connectivity index (χ0v) is 53.4. The third-order valence-electron chi connectivity index (χ3n) is 17.0. The lowest BCUT2D eigenvalue weighted by Crippen LogP contribution is -2.32. The van der Waals surface area contributed by atoms with E-state index in [2.05, 4.69) is 237 Å². The van der Waals surface area contributed by atoms with Crippen LogP contribution in [0.25, 0.3) is 83.4 Å². The third kappa shape index (κ3) is 11.4. The molecule has 0 radical (unpaired) electrons. The Labute approximate surface area is 515 Å². The van der Waals surface area contributed by atoms with Crippen molar-refractivity contribution in [3.05, 3.63) is 221 Å². The molecule has 0 N–H and O–H groups in total. The first-order valence-corrected chi connectivity index (χ1v) is 30.1. The minimum Gasteiger partial charge on any atom is -0.458 e. The van der Waals surface area contributed by atoms with Crippen LogP contribution in [-0.2, 0) is 32.5 Å². The number of aryl methyl sites for hydroxylation is 2.